The Morgan fingerprint density at radius 1 is 0.833 bits per heavy atom. The minimum Gasteiger partial charge on any atom is -1.00 e. The van der Waals surface area contributed by atoms with Gasteiger partial charge in [0.15, 0.2) is 18.7 Å². The van der Waals surface area contributed by atoms with E-state index in [1.807, 2.05) is 0 Å². The highest BCUT2D eigenvalue weighted by atomic mass is 79.9. The molecule has 0 aromatic carbocycles. The van der Waals surface area contributed by atoms with Crippen molar-refractivity contribution in [2.45, 2.75) is 39.5 Å². The standard InChI is InChI=1S/C7H18NO3.BrH/c1-5(9)8(4,6(2)10)7(3)11;/h5-7,9-11H,1-4H3;1H/q+1;/p-1. The van der Waals surface area contributed by atoms with Crippen LogP contribution in [0.2, 0.25) is 0 Å². The van der Waals surface area contributed by atoms with Gasteiger partial charge in [0, 0.05) is 20.8 Å². The minimum atomic E-state index is -0.782. The normalized spacial score (nSPS) is 23.2. The van der Waals surface area contributed by atoms with Crippen molar-refractivity contribution in [1.82, 2.24) is 0 Å². The van der Waals surface area contributed by atoms with E-state index >= 15 is 0 Å². The van der Waals surface area contributed by atoms with Crippen LogP contribution >= 0.6 is 0 Å². The number of aliphatic hydroxyl groups is 3. The molecule has 76 valence electrons. The average molecular weight is 244 g/mol. The topological polar surface area (TPSA) is 60.7 Å². The molecule has 4 nitrogen and oxygen atoms in total. The van der Waals surface area contributed by atoms with E-state index in [1.165, 1.54) is 0 Å². The summed E-state index contributed by atoms with van der Waals surface area (Å²) >= 11 is 0. The van der Waals surface area contributed by atoms with Gasteiger partial charge in [0.2, 0.25) is 0 Å². The molecule has 0 aliphatic heterocycles. The van der Waals surface area contributed by atoms with E-state index < -0.39 is 18.7 Å². The van der Waals surface area contributed by atoms with E-state index in [2.05, 4.69) is 0 Å². The smallest absolute Gasteiger partial charge is 0.191 e. The molecule has 0 spiro atoms. The SMILES string of the molecule is CC(O)[N+](C)(C(C)O)C(C)O.[Br-]. The quantitative estimate of drug-likeness (QED) is 0.356. The zero-order valence-corrected chi connectivity index (χ0v) is 9.48. The molecule has 0 aromatic rings. The predicted octanol–water partition coefficient (Wildman–Crippen LogP) is -3.55. The molecule has 0 aliphatic rings. The maximum Gasteiger partial charge on any atom is 0.191 e. The van der Waals surface area contributed by atoms with Gasteiger partial charge in [-0.2, -0.15) is 0 Å². The Kier molecular flexibility index (Phi) is 6.35. The predicted molar refractivity (Wildman–Crippen MR) is 41.2 cm³/mol. The Balaban J connectivity index is 0. The fraction of sp³-hybridized carbons (Fsp3) is 1.00. The van der Waals surface area contributed by atoms with Crippen LogP contribution in [0.1, 0.15) is 20.8 Å². The lowest BCUT2D eigenvalue weighted by Gasteiger charge is -2.41. The summed E-state index contributed by atoms with van der Waals surface area (Å²) in [7, 11) is 1.60. The third-order valence-electron chi connectivity index (χ3n) is 2.42. The van der Waals surface area contributed by atoms with Crippen molar-refractivity contribution in [3.8, 4) is 0 Å². The molecular weight excluding hydrogens is 226 g/mol. The van der Waals surface area contributed by atoms with Crippen LogP contribution in [-0.4, -0.2) is 45.5 Å². The van der Waals surface area contributed by atoms with Crippen LogP contribution in [0.4, 0.5) is 0 Å². The molecule has 3 atom stereocenters. The van der Waals surface area contributed by atoms with E-state index in [9.17, 15) is 15.3 Å². The van der Waals surface area contributed by atoms with Crippen molar-refractivity contribution in [1.29, 1.82) is 0 Å². The van der Waals surface area contributed by atoms with Crippen LogP contribution < -0.4 is 17.0 Å². The van der Waals surface area contributed by atoms with E-state index in [4.69, 9.17) is 0 Å². The monoisotopic (exact) mass is 243 g/mol. The zero-order chi connectivity index (χ0) is 9.23. The number of quaternary nitrogens is 1. The molecule has 0 aromatic heterocycles. The first-order chi connectivity index (χ1) is 4.83. The fourth-order valence-electron chi connectivity index (χ4n) is 0.937. The maximum absolute atomic E-state index is 9.26. The van der Waals surface area contributed by atoms with Crippen molar-refractivity contribution < 1.29 is 36.8 Å². The lowest BCUT2D eigenvalue weighted by atomic mass is 10.3. The van der Waals surface area contributed by atoms with Gasteiger partial charge in [-0.05, 0) is 0 Å². The third kappa shape index (κ3) is 2.67. The van der Waals surface area contributed by atoms with E-state index in [1.54, 1.807) is 27.8 Å². The van der Waals surface area contributed by atoms with Crippen LogP contribution in [0, 0.1) is 0 Å². The Labute approximate surface area is 83.8 Å². The van der Waals surface area contributed by atoms with Gasteiger partial charge in [-0.3, -0.25) is 4.48 Å². The first-order valence-electron chi connectivity index (χ1n) is 3.73. The van der Waals surface area contributed by atoms with Crippen LogP contribution in [0.15, 0.2) is 0 Å². The summed E-state index contributed by atoms with van der Waals surface area (Å²) in [6.45, 7) is 4.62. The Morgan fingerprint density at radius 3 is 1.00 bits per heavy atom. The number of halogens is 1. The van der Waals surface area contributed by atoms with E-state index in [0.717, 1.165) is 0 Å². The molecule has 0 heterocycles. The second-order valence-electron chi connectivity index (χ2n) is 3.12. The van der Waals surface area contributed by atoms with Gasteiger partial charge in [-0.25, -0.2) is 0 Å². The van der Waals surface area contributed by atoms with Crippen molar-refractivity contribution in [3.63, 3.8) is 0 Å². The molecule has 0 aliphatic carbocycles. The number of rotatable bonds is 3. The Hall–Kier alpha value is 0.320. The van der Waals surface area contributed by atoms with Crippen molar-refractivity contribution in [2.75, 3.05) is 7.05 Å². The Morgan fingerprint density at radius 2 is 1.00 bits per heavy atom. The second kappa shape index (κ2) is 5.14. The summed E-state index contributed by atoms with van der Waals surface area (Å²) in [6, 6.07) is 0. The average Bonchev–Trinajstić information content (AvgIpc) is 1.84. The second-order valence-corrected chi connectivity index (χ2v) is 3.12. The van der Waals surface area contributed by atoms with Gasteiger partial charge < -0.3 is 32.3 Å². The van der Waals surface area contributed by atoms with Gasteiger partial charge in [-0.15, -0.1) is 0 Å². The molecule has 0 radical (unpaired) electrons. The molecule has 0 saturated carbocycles. The summed E-state index contributed by atoms with van der Waals surface area (Å²) in [4.78, 5) is 0. The van der Waals surface area contributed by atoms with Crippen LogP contribution in [0.5, 0.6) is 0 Å². The Bertz CT molecular complexity index is 106. The van der Waals surface area contributed by atoms with Crippen LogP contribution in [-0.2, 0) is 0 Å². The summed E-state index contributed by atoms with van der Waals surface area (Å²) in [6.07, 6.45) is -2.35. The zero-order valence-electron chi connectivity index (χ0n) is 7.90. The summed E-state index contributed by atoms with van der Waals surface area (Å²) in [5.41, 5.74) is 0. The molecule has 12 heavy (non-hydrogen) atoms. The van der Waals surface area contributed by atoms with E-state index in [0.29, 0.717) is 0 Å². The van der Waals surface area contributed by atoms with Gasteiger partial charge in [0.05, 0.1) is 7.05 Å². The number of hydrogen-bond donors (Lipinski definition) is 3. The third-order valence-corrected chi connectivity index (χ3v) is 2.42. The van der Waals surface area contributed by atoms with Gasteiger partial charge in [0.1, 0.15) is 0 Å². The highest BCUT2D eigenvalue weighted by molar-refractivity contribution is 4.40. The molecule has 0 rings (SSSR count). The summed E-state index contributed by atoms with van der Waals surface area (Å²) < 4.78 is -0.167. The maximum atomic E-state index is 9.26. The largest absolute Gasteiger partial charge is 1.00 e. The van der Waals surface area contributed by atoms with Gasteiger partial charge >= 0.3 is 0 Å². The molecule has 0 amide bonds. The molecule has 0 fully saturated rings. The van der Waals surface area contributed by atoms with Gasteiger partial charge in [0.25, 0.3) is 0 Å². The first-order valence-corrected chi connectivity index (χ1v) is 3.73. The van der Waals surface area contributed by atoms with Gasteiger partial charge in [-0.1, -0.05) is 0 Å². The highest BCUT2D eigenvalue weighted by Crippen LogP contribution is 2.16. The molecule has 3 unspecified atom stereocenters. The van der Waals surface area contributed by atoms with Crippen molar-refractivity contribution in [3.05, 3.63) is 0 Å². The van der Waals surface area contributed by atoms with Crippen molar-refractivity contribution in [2.24, 2.45) is 0 Å². The molecule has 0 bridgehead atoms. The number of hydrogen-bond acceptors (Lipinski definition) is 3. The minimum absolute atomic E-state index is 0. The summed E-state index contributed by atoms with van der Waals surface area (Å²) in [5.74, 6) is 0. The van der Waals surface area contributed by atoms with Crippen LogP contribution in [0.25, 0.3) is 0 Å². The highest BCUT2D eigenvalue weighted by Gasteiger charge is 2.37. The number of nitrogens with zero attached hydrogens (tertiary/aromatic N) is 1. The number of aliphatic hydroxyl groups excluding tert-OH is 3. The fourth-order valence-corrected chi connectivity index (χ4v) is 0.937. The molecule has 0 saturated heterocycles. The lowest BCUT2D eigenvalue weighted by molar-refractivity contribution is -1.03. The van der Waals surface area contributed by atoms with Crippen LogP contribution in [0.3, 0.4) is 0 Å². The molecular formula is C7H18BrNO3. The molecule has 3 N–H and O–H groups in total. The summed E-state index contributed by atoms with van der Waals surface area (Å²) in [5, 5.41) is 27.8. The van der Waals surface area contributed by atoms with E-state index in [-0.39, 0.29) is 21.5 Å². The van der Waals surface area contributed by atoms with Crippen molar-refractivity contribution >= 4 is 0 Å². The lowest BCUT2D eigenvalue weighted by Crippen LogP contribution is -3.00. The first kappa shape index (κ1) is 14.8. The molecule has 5 heteroatoms.